The monoisotopic (exact) mass is 278 g/mol. The van der Waals surface area contributed by atoms with Crippen molar-refractivity contribution in [1.29, 1.82) is 0 Å². The molecule has 0 radical (unpaired) electrons. The predicted molar refractivity (Wildman–Crippen MR) is 78.5 cm³/mol. The molecule has 0 atom stereocenters. The summed E-state index contributed by atoms with van der Waals surface area (Å²) in [5, 5.41) is 7.62. The van der Waals surface area contributed by atoms with Crippen LogP contribution in [0.15, 0.2) is 43.1 Å². The number of ether oxygens (including phenoxy) is 1. The third-order valence-corrected chi connectivity index (χ3v) is 3.78. The molecule has 0 saturated heterocycles. The molecule has 0 fully saturated rings. The van der Waals surface area contributed by atoms with Crippen molar-refractivity contribution < 1.29 is 4.74 Å². The highest BCUT2D eigenvalue weighted by Crippen LogP contribution is 2.37. The summed E-state index contributed by atoms with van der Waals surface area (Å²) in [6.45, 7) is 2.84. The fraction of sp³-hybridized carbons (Fsp3) is 0.188. The van der Waals surface area contributed by atoms with E-state index in [-0.39, 0.29) is 0 Å². The molecule has 21 heavy (non-hydrogen) atoms. The molecule has 5 heteroatoms. The van der Waals surface area contributed by atoms with E-state index in [1.54, 1.807) is 17.2 Å². The van der Waals surface area contributed by atoms with Gasteiger partial charge in [-0.2, -0.15) is 0 Å². The van der Waals surface area contributed by atoms with E-state index < -0.39 is 0 Å². The summed E-state index contributed by atoms with van der Waals surface area (Å²) in [7, 11) is 0. The van der Waals surface area contributed by atoms with Gasteiger partial charge in [0.1, 0.15) is 24.2 Å². The molecule has 0 unspecified atom stereocenters. The number of fused-ring (bicyclic) bond motifs is 1. The summed E-state index contributed by atoms with van der Waals surface area (Å²) in [5.41, 5.74) is 4.64. The van der Waals surface area contributed by atoms with E-state index in [1.165, 1.54) is 5.56 Å². The summed E-state index contributed by atoms with van der Waals surface area (Å²) in [4.78, 5) is 4.51. The van der Waals surface area contributed by atoms with Gasteiger partial charge in [-0.25, -0.2) is 4.98 Å². The van der Waals surface area contributed by atoms with Crippen LogP contribution in [0.25, 0.3) is 16.9 Å². The van der Waals surface area contributed by atoms with Crippen LogP contribution in [0.3, 0.4) is 0 Å². The molecular weight excluding hydrogens is 264 g/mol. The van der Waals surface area contributed by atoms with Gasteiger partial charge in [0.2, 0.25) is 0 Å². The van der Waals surface area contributed by atoms with Crippen molar-refractivity contribution in [2.24, 2.45) is 0 Å². The lowest BCUT2D eigenvalue weighted by molar-refractivity contribution is 0.358. The average Bonchev–Trinajstić information content (AvgIpc) is 3.18. The standard InChI is InChI=1S/C16H14N4O/c1-11-7-15(20-9-18-19-10-20)17-8-14(11)13-4-2-3-12-5-6-21-16(12)13/h2-4,7-10H,5-6H2,1H3. The maximum atomic E-state index is 5.79. The van der Waals surface area contributed by atoms with Gasteiger partial charge in [0.15, 0.2) is 0 Å². The Morgan fingerprint density at radius 1 is 1.14 bits per heavy atom. The number of pyridine rings is 1. The van der Waals surface area contributed by atoms with Crippen LogP contribution < -0.4 is 4.74 Å². The second-order valence-electron chi connectivity index (χ2n) is 5.12. The van der Waals surface area contributed by atoms with Crippen LogP contribution >= 0.6 is 0 Å². The molecule has 0 aliphatic carbocycles. The molecule has 104 valence electrons. The first-order chi connectivity index (χ1) is 10.3. The first-order valence-electron chi connectivity index (χ1n) is 6.89. The molecule has 0 amide bonds. The number of para-hydroxylation sites is 1. The van der Waals surface area contributed by atoms with Crippen LogP contribution in [0.1, 0.15) is 11.1 Å². The summed E-state index contributed by atoms with van der Waals surface area (Å²) in [6, 6.07) is 8.33. The molecule has 1 aliphatic heterocycles. The van der Waals surface area contributed by atoms with Gasteiger partial charge in [0.25, 0.3) is 0 Å². The zero-order valence-electron chi connectivity index (χ0n) is 11.7. The predicted octanol–water partition coefficient (Wildman–Crippen LogP) is 2.57. The molecule has 0 bridgehead atoms. The molecule has 3 heterocycles. The third-order valence-electron chi connectivity index (χ3n) is 3.78. The number of hydrogen-bond acceptors (Lipinski definition) is 4. The molecule has 3 aromatic rings. The number of rotatable bonds is 2. The first kappa shape index (κ1) is 12.1. The number of benzene rings is 1. The van der Waals surface area contributed by atoms with Gasteiger partial charge >= 0.3 is 0 Å². The van der Waals surface area contributed by atoms with Gasteiger partial charge in [0, 0.05) is 23.7 Å². The Labute approximate surface area is 122 Å². The maximum absolute atomic E-state index is 5.79. The SMILES string of the molecule is Cc1cc(-n2cnnc2)ncc1-c1cccc2c1OCC2. The molecule has 0 spiro atoms. The maximum Gasteiger partial charge on any atom is 0.139 e. The Balaban J connectivity index is 1.82. The Morgan fingerprint density at radius 3 is 2.81 bits per heavy atom. The fourth-order valence-corrected chi connectivity index (χ4v) is 2.71. The molecule has 0 N–H and O–H groups in total. The van der Waals surface area contributed by atoms with Gasteiger partial charge in [-0.1, -0.05) is 18.2 Å². The highest BCUT2D eigenvalue weighted by atomic mass is 16.5. The Bertz CT molecular complexity index is 796. The second kappa shape index (κ2) is 4.70. The van der Waals surface area contributed by atoms with Gasteiger partial charge in [-0.3, -0.25) is 4.57 Å². The van der Waals surface area contributed by atoms with Crippen LogP contribution in [0, 0.1) is 6.92 Å². The smallest absolute Gasteiger partial charge is 0.139 e. The highest BCUT2D eigenvalue weighted by Gasteiger charge is 2.18. The van der Waals surface area contributed by atoms with Crippen LogP contribution in [-0.2, 0) is 6.42 Å². The lowest BCUT2D eigenvalue weighted by atomic mass is 9.99. The summed E-state index contributed by atoms with van der Waals surface area (Å²) < 4.78 is 7.58. The van der Waals surface area contributed by atoms with E-state index in [2.05, 4.69) is 40.3 Å². The second-order valence-corrected chi connectivity index (χ2v) is 5.12. The third kappa shape index (κ3) is 1.98. The lowest BCUT2D eigenvalue weighted by Gasteiger charge is -2.11. The average molecular weight is 278 g/mol. The van der Waals surface area contributed by atoms with Gasteiger partial charge in [-0.05, 0) is 24.1 Å². The topological polar surface area (TPSA) is 52.8 Å². The zero-order chi connectivity index (χ0) is 14.2. The Kier molecular flexibility index (Phi) is 2.70. The van der Waals surface area contributed by atoms with Crippen molar-refractivity contribution in [3.05, 3.63) is 54.2 Å². The fourth-order valence-electron chi connectivity index (χ4n) is 2.71. The Hall–Kier alpha value is -2.69. The summed E-state index contributed by atoms with van der Waals surface area (Å²) >= 11 is 0. The minimum atomic E-state index is 0.762. The quantitative estimate of drug-likeness (QED) is 0.723. The summed E-state index contributed by atoms with van der Waals surface area (Å²) in [6.07, 6.45) is 6.16. The largest absolute Gasteiger partial charge is 0.492 e. The van der Waals surface area contributed by atoms with Gasteiger partial charge < -0.3 is 4.74 Å². The minimum Gasteiger partial charge on any atom is -0.492 e. The van der Waals surface area contributed by atoms with Crippen molar-refractivity contribution in [2.75, 3.05) is 6.61 Å². The number of nitrogens with zero attached hydrogens (tertiary/aromatic N) is 4. The van der Waals surface area contributed by atoms with E-state index >= 15 is 0 Å². The van der Waals surface area contributed by atoms with Crippen molar-refractivity contribution in [3.8, 4) is 22.7 Å². The van der Waals surface area contributed by atoms with Crippen molar-refractivity contribution >= 4 is 0 Å². The van der Waals surface area contributed by atoms with E-state index in [9.17, 15) is 0 Å². The lowest BCUT2D eigenvalue weighted by Crippen LogP contribution is -1.97. The van der Waals surface area contributed by atoms with Gasteiger partial charge in [0.05, 0.1) is 6.61 Å². The van der Waals surface area contributed by atoms with Gasteiger partial charge in [-0.15, -0.1) is 10.2 Å². The normalized spacial score (nSPS) is 13.0. The minimum absolute atomic E-state index is 0.762. The Morgan fingerprint density at radius 2 is 2.00 bits per heavy atom. The van der Waals surface area contributed by atoms with Crippen LogP contribution in [0.5, 0.6) is 5.75 Å². The van der Waals surface area contributed by atoms with Crippen LogP contribution in [0.4, 0.5) is 0 Å². The number of hydrogen-bond donors (Lipinski definition) is 0. The van der Waals surface area contributed by atoms with Crippen molar-refractivity contribution in [3.63, 3.8) is 0 Å². The molecule has 0 saturated carbocycles. The molecule has 1 aliphatic rings. The van der Waals surface area contributed by atoms with E-state index in [0.717, 1.165) is 41.3 Å². The summed E-state index contributed by atoms with van der Waals surface area (Å²) in [5.74, 6) is 1.81. The zero-order valence-corrected chi connectivity index (χ0v) is 11.7. The molecule has 5 nitrogen and oxygen atoms in total. The number of aryl methyl sites for hydroxylation is 1. The van der Waals surface area contributed by atoms with Crippen molar-refractivity contribution in [2.45, 2.75) is 13.3 Å². The number of aromatic nitrogens is 4. The van der Waals surface area contributed by atoms with E-state index in [1.807, 2.05) is 12.3 Å². The van der Waals surface area contributed by atoms with Crippen LogP contribution in [0.2, 0.25) is 0 Å². The van der Waals surface area contributed by atoms with E-state index in [4.69, 9.17) is 4.74 Å². The molecule has 1 aromatic carbocycles. The van der Waals surface area contributed by atoms with Crippen LogP contribution in [-0.4, -0.2) is 26.4 Å². The molecular formula is C16H14N4O. The van der Waals surface area contributed by atoms with E-state index in [0.29, 0.717) is 0 Å². The molecule has 4 rings (SSSR count). The highest BCUT2D eigenvalue weighted by molar-refractivity contribution is 5.75. The first-order valence-corrected chi connectivity index (χ1v) is 6.89. The molecule has 2 aromatic heterocycles. The van der Waals surface area contributed by atoms with Crippen molar-refractivity contribution in [1.82, 2.24) is 19.7 Å².